The molecule has 0 aromatic rings. The Morgan fingerprint density at radius 2 is 0.278 bits per heavy atom. The summed E-state index contributed by atoms with van der Waals surface area (Å²) in [4.78, 5) is 0. The molecule has 0 amide bonds. The van der Waals surface area contributed by atoms with Crippen LogP contribution in [0.5, 0.6) is 0 Å². The van der Waals surface area contributed by atoms with Gasteiger partial charge in [-0.1, -0.05) is 0 Å². The molecule has 0 unspecified atom stereocenters. The van der Waals surface area contributed by atoms with Gasteiger partial charge in [-0.05, 0) is 103 Å². The van der Waals surface area contributed by atoms with E-state index in [9.17, 15) is 0 Å². The number of hydrogen-bond acceptors (Lipinski definition) is 0. The molecule has 0 heterocycles. The van der Waals surface area contributed by atoms with E-state index in [0.717, 1.165) is 0 Å². The summed E-state index contributed by atoms with van der Waals surface area (Å²) in [6.45, 7) is 0. The van der Waals surface area contributed by atoms with Crippen LogP contribution >= 0.6 is 0 Å². The fourth-order valence-electron chi connectivity index (χ4n) is 1.03. The minimum absolute atomic E-state index is 0. The van der Waals surface area contributed by atoms with Gasteiger partial charge in [-0.2, -0.15) is 0 Å². The minimum atomic E-state index is 0. The predicted octanol–water partition coefficient (Wildman–Crippen LogP) is 0.273. The molecule has 17 radical (unpaired) electrons. The minimum Gasteiger partial charge on any atom is -0.0312 e. The Morgan fingerprint density at radius 3 is 0.333 bits per heavy atom. The molecule has 2 saturated carbocycles. The Kier molecular flexibility index (Phi) is 25.9. The maximum Gasteiger partial charge on any atom is 1.00 e. The molecule has 2 aliphatic carbocycles. The zero-order valence-electron chi connectivity index (χ0n) is 10.8. The maximum absolute atomic E-state index is 2.00. The molecule has 0 bridgehead atoms. The topological polar surface area (TPSA) is 0 Å². The van der Waals surface area contributed by atoms with Gasteiger partial charge >= 0.3 is 51.4 Å². The van der Waals surface area contributed by atoms with Gasteiger partial charge in [0, 0.05) is 41.3 Å². The van der Waals surface area contributed by atoms with Crippen molar-refractivity contribution < 1.29 is 92.7 Å². The fraction of sp³-hybridized carbons (Fsp3) is 0. The summed E-state index contributed by atoms with van der Waals surface area (Å²) in [5.41, 5.74) is 0. The molecule has 0 aromatic carbocycles. The summed E-state index contributed by atoms with van der Waals surface area (Å²) in [5.74, 6) is 0. The van der Waals surface area contributed by atoms with Crippen LogP contribution < -0.4 is 51.4 Å². The van der Waals surface area contributed by atoms with Crippen LogP contribution in [0, 0.1) is 144 Å². The van der Waals surface area contributed by atoms with E-state index in [1.165, 1.54) is 0 Å². The largest absolute Gasteiger partial charge is 1.00 e. The van der Waals surface area contributed by atoms with Gasteiger partial charge in [0.25, 0.3) is 0 Å². The summed E-state index contributed by atoms with van der Waals surface area (Å²) in [6.07, 6.45) is 32.0. The third-order valence-electron chi connectivity index (χ3n) is 1.78. The summed E-state index contributed by atoms with van der Waals surface area (Å²) in [5, 5.41) is 0. The van der Waals surface area contributed by atoms with Gasteiger partial charge in [0.05, 0.1) is 0 Å². The molecular formula is C16H16KPr+. The average Bonchev–Trinajstić information content (AvgIpc) is 2.15. The molecule has 0 nitrogen and oxygen atoms in total. The van der Waals surface area contributed by atoms with Crippen LogP contribution in [-0.4, -0.2) is 0 Å². The smallest absolute Gasteiger partial charge is 0.0312 e. The van der Waals surface area contributed by atoms with E-state index in [1.54, 1.807) is 0 Å². The average molecular weight is 388 g/mol. The number of hydrogen-bond donors (Lipinski definition) is 0. The second kappa shape index (κ2) is 20.0. The van der Waals surface area contributed by atoms with Crippen LogP contribution in [0.25, 0.3) is 0 Å². The summed E-state index contributed by atoms with van der Waals surface area (Å²) >= 11 is 0. The van der Waals surface area contributed by atoms with Crippen LogP contribution in [0.3, 0.4) is 0 Å². The SMILES string of the molecule is [CH]1[CH][CH][CH][CH][CH][CH][CH]1.[CH]1[CH][CH][CH][CH][CH][CH][CH]1.[K+].[Pr]. The van der Waals surface area contributed by atoms with Crippen molar-refractivity contribution in [3.05, 3.63) is 103 Å². The normalized spacial score (nSPS) is 21.3. The molecule has 2 aliphatic rings. The van der Waals surface area contributed by atoms with Crippen molar-refractivity contribution in [2.45, 2.75) is 0 Å². The van der Waals surface area contributed by atoms with Gasteiger partial charge in [0.2, 0.25) is 0 Å². The van der Waals surface area contributed by atoms with Crippen molar-refractivity contribution in [2.24, 2.45) is 0 Å². The second-order valence-corrected chi connectivity index (χ2v) is 3.08. The first kappa shape index (κ1) is 23.3. The van der Waals surface area contributed by atoms with Crippen molar-refractivity contribution in [1.29, 1.82) is 0 Å². The zero-order chi connectivity index (χ0) is 11.3. The Labute approximate surface area is 192 Å². The first-order valence-electron chi connectivity index (χ1n) is 5.33. The third kappa shape index (κ3) is 17.1. The zero-order valence-corrected chi connectivity index (χ0v) is 17.6. The number of rotatable bonds is 0. The fourth-order valence-corrected chi connectivity index (χ4v) is 1.03. The van der Waals surface area contributed by atoms with Gasteiger partial charge in [-0.25, -0.2) is 0 Å². The Balaban J connectivity index is 0. The van der Waals surface area contributed by atoms with Crippen LogP contribution in [0.4, 0.5) is 0 Å². The van der Waals surface area contributed by atoms with Crippen molar-refractivity contribution in [1.82, 2.24) is 0 Å². The molecule has 0 N–H and O–H groups in total. The van der Waals surface area contributed by atoms with Gasteiger partial charge in [-0.15, -0.1) is 0 Å². The van der Waals surface area contributed by atoms with Crippen molar-refractivity contribution >= 4 is 0 Å². The van der Waals surface area contributed by atoms with E-state index in [2.05, 4.69) is 0 Å². The molecule has 0 aliphatic heterocycles. The van der Waals surface area contributed by atoms with E-state index in [1.807, 2.05) is 103 Å². The monoisotopic (exact) mass is 388 g/mol. The molecule has 2 rings (SSSR count). The van der Waals surface area contributed by atoms with Crippen LogP contribution in [-0.2, 0) is 0 Å². The van der Waals surface area contributed by atoms with Gasteiger partial charge < -0.3 is 0 Å². The first-order chi connectivity index (χ1) is 8.00. The first-order valence-corrected chi connectivity index (χ1v) is 5.33. The molecular weight excluding hydrogens is 372 g/mol. The molecule has 0 atom stereocenters. The summed E-state index contributed by atoms with van der Waals surface area (Å²) in [6, 6.07) is 0. The van der Waals surface area contributed by atoms with Crippen molar-refractivity contribution in [2.75, 3.05) is 0 Å². The van der Waals surface area contributed by atoms with Crippen LogP contribution in [0.1, 0.15) is 0 Å². The quantitative estimate of drug-likeness (QED) is 0.523. The Bertz CT molecular complexity index is 75.1. The molecule has 18 heavy (non-hydrogen) atoms. The van der Waals surface area contributed by atoms with Gasteiger partial charge in [0.1, 0.15) is 0 Å². The molecule has 2 fully saturated rings. The molecule has 2 heteroatoms. The third-order valence-corrected chi connectivity index (χ3v) is 1.78. The van der Waals surface area contributed by atoms with Crippen molar-refractivity contribution in [3.63, 3.8) is 0 Å². The maximum atomic E-state index is 2.00. The molecule has 0 aromatic heterocycles. The van der Waals surface area contributed by atoms with Crippen LogP contribution in [0.15, 0.2) is 0 Å². The predicted molar refractivity (Wildman–Crippen MR) is 68.8 cm³/mol. The van der Waals surface area contributed by atoms with E-state index in [0.29, 0.717) is 0 Å². The van der Waals surface area contributed by atoms with E-state index in [4.69, 9.17) is 0 Å². The molecule has 0 spiro atoms. The Morgan fingerprint density at radius 1 is 0.222 bits per heavy atom. The van der Waals surface area contributed by atoms with E-state index < -0.39 is 0 Å². The summed E-state index contributed by atoms with van der Waals surface area (Å²) < 4.78 is 0. The molecule has 83 valence electrons. The van der Waals surface area contributed by atoms with Crippen molar-refractivity contribution in [3.8, 4) is 0 Å². The second-order valence-electron chi connectivity index (χ2n) is 3.08. The standard InChI is InChI=1S/2C8H8.K.Pr/c2*1-2-4-6-8-7-5-3-1;;/h2*1-8H;;/q;;+1;. The summed E-state index contributed by atoms with van der Waals surface area (Å²) in [7, 11) is 0. The van der Waals surface area contributed by atoms with E-state index >= 15 is 0 Å². The molecule has 0 saturated heterocycles. The van der Waals surface area contributed by atoms with Crippen LogP contribution in [0.2, 0.25) is 0 Å². The van der Waals surface area contributed by atoms with Gasteiger partial charge in [0.15, 0.2) is 0 Å². The van der Waals surface area contributed by atoms with Gasteiger partial charge in [-0.3, -0.25) is 0 Å². The van der Waals surface area contributed by atoms with E-state index in [-0.39, 0.29) is 92.7 Å². The Hall–Kier alpha value is 3.00.